The number of piperidine rings is 1. The molecule has 0 saturated carbocycles. The fraction of sp³-hybridized carbons (Fsp3) is 0.500. The van der Waals surface area contributed by atoms with Gasteiger partial charge in [0, 0.05) is 39.2 Å². The molecule has 0 bridgehead atoms. The highest BCUT2D eigenvalue weighted by atomic mass is 16.2. The van der Waals surface area contributed by atoms with Crippen molar-refractivity contribution >= 4 is 11.8 Å². The first-order chi connectivity index (χ1) is 13.6. The first-order valence-electron chi connectivity index (χ1n) is 10.2. The van der Waals surface area contributed by atoms with Crippen molar-refractivity contribution in [3.8, 4) is 0 Å². The number of aryl methyl sites for hydroxylation is 1. The first-order valence-corrected chi connectivity index (χ1v) is 10.2. The molecule has 148 valence electrons. The molecule has 6 nitrogen and oxygen atoms in total. The Bertz CT molecular complexity index is 847. The number of hydrogen-bond donors (Lipinski definition) is 0. The summed E-state index contributed by atoms with van der Waals surface area (Å²) in [6, 6.07) is 12.3. The quantitative estimate of drug-likeness (QED) is 0.805. The summed E-state index contributed by atoms with van der Waals surface area (Å²) in [4.78, 5) is 29.8. The van der Waals surface area contributed by atoms with E-state index in [-0.39, 0.29) is 29.8 Å². The first kappa shape index (κ1) is 18.7. The van der Waals surface area contributed by atoms with Crippen molar-refractivity contribution in [1.29, 1.82) is 0 Å². The normalized spacial score (nSPS) is 25.1. The van der Waals surface area contributed by atoms with E-state index >= 15 is 0 Å². The number of aromatic nitrogens is 2. The molecule has 0 radical (unpaired) electrons. The summed E-state index contributed by atoms with van der Waals surface area (Å²) >= 11 is 0. The van der Waals surface area contributed by atoms with E-state index in [4.69, 9.17) is 0 Å². The van der Waals surface area contributed by atoms with Gasteiger partial charge in [-0.3, -0.25) is 14.3 Å². The number of likely N-dealkylation sites (tertiary alicyclic amines) is 2. The second-order valence-corrected chi connectivity index (χ2v) is 7.95. The Balaban J connectivity index is 1.75. The summed E-state index contributed by atoms with van der Waals surface area (Å²) in [5.41, 5.74) is 1.73. The standard InChI is InChI=1S/C22H28N4O2/c1-16(27)25-15-11-18(17-8-4-3-5-9-17)21-20(25)10-6-7-13-26(21)22(28)19-12-14-24(2)23-19/h3-5,8-9,12,14,18,20-21H,6-7,10-11,13,15H2,1-2H3/t18-,20-,21-/m1/s1. The van der Waals surface area contributed by atoms with Crippen LogP contribution in [-0.2, 0) is 11.8 Å². The maximum Gasteiger partial charge on any atom is 0.274 e. The lowest BCUT2D eigenvalue weighted by Gasteiger charge is -2.48. The largest absolute Gasteiger partial charge is 0.338 e. The lowest BCUT2D eigenvalue weighted by molar-refractivity contribution is -0.134. The molecule has 4 rings (SSSR count). The summed E-state index contributed by atoms with van der Waals surface area (Å²) in [7, 11) is 1.83. The molecular weight excluding hydrogens is 352 g/mol. The Morgan fingerprint density at radius 3 is 2.46 bits per heavy atom. The third-order valence-electron chi connectivity index (χ3n) is 6.22. The summed E-state index contributed by atoms with van der Waals surface area (Å²) in [5.74, 6) is 0.310. The van der Waals surface area contributed by atoms with Crippen molar-refractivity contribution in [3.05, 3.63) is 53.9 Å². The minimum Gasteiger partial charge on any atom is -0.338 e. The van der Waals surface area contributed by atoms with Gasteiger partial charge in [0.1, 0.15) is 5.69 Å². The SMILES string of the molecule is CC(=O)N1CC[C@H](c2ccccc2)[C@@H]2[C@H]1CCCCN2C(=O)c1ccn(C)n1. The van der Waals surface area contributed by atoms with Gasteiger partial charge < -0.3 is 9.80 Å². The number of carbonyl (C=O) groups is 2. The lowest BCUT2D eigenvalue weighted by Crippen LogP contribution is -2.60. The van der Waals surface area contributed by atoms with Gasteiger partial charge in [-0.15, -0.1) is 0 Å². The fourth-order valence-electron chi connectivity index (χ4n) is 4.97. The highest BCUT2D eigenvalue weighted by Gasteiger charge is 2.45. The summed E-state index contributed by atoms with van der Waals surface area (Å²) in [6.45, 7) is 3.11. The highest BCUT2D eigenvalue weighted by molar-refractivity contribution is 5.92. The molecule has 0 spiro atoms. The van der Waals surface area contributed by atoms with Gasteiger partial charge in [0.2, 0.25) is 5.91 Å². The summed E-state index contributed by atoms with van der Waals surface area (Å²) in [5, 5.41) is 4.35. The zero-order valence-corrected chi connectivity index (χ0v) is 16.6. The molecule has 0 aliphatic carbocycles. The van der Waals surface area contributed by atoms with Crippen molar-refractivity contribution in [1.82, 2.24) is 19.6 Å². The Hall–Kier alpha value is -2.63. The molecule has 3 heterocycles. The third-order valence-corrected chi connectivity index (χ3v) is 6.22. The zero-order chi connectivity index (χ0) is 19.7. The minimum atomic E-state index is -0.0242. The topological polar surface area (TPSA) is 58.4 Å². The van der Waals surface area contributed by atoms with Crippen LogP contribution in [0.25, 0.3) is 0 Å². The Morgan fingerprint density at radius 2 is 1.79 bits per heavy atom. The molecular formula is C22H28N4O2. The molecule has 2 aliphatic rings. The number of fused-ring (bicyclic) bond motifs is 1. The summed E-state index contributed by atoms with van der Waals surface area (Å²) in [6.07, 6.45) is 5.60. The van der Waals surface area contributed by atoms with E-state index in [1.165, 1.54) is 5.56 Å². The monoisotopic (exact) mass is 380 g/mol. The number of carbonyl (C=O) groups excluding carboxylic acids is 2. The second-order valence-electron chi connectivity index (χ2n) is 7.95. The minimum absolute atomic E-state index is 0.0166. The molecule has 2 fully saturated rings. The van der Waals surface area contributed by atoms with E-state index in [1.54, 1.807) is 23.9 Å². The molecule has 0 N–H and O–H groups in total. The number of benzene rings is 1. The molecule has 1 aromatic carbocycles. The van der Waals surface area contributed by atoms with E-state index in [2.05, 4.69) is 29.4 Å². The van der Waals surface area contributed by atoms with Crippen LogP contribution in [-0.4, -0.2) is 56.6 Å². The van der Waals surface area contributed by atoms with E-state index in [0.717, 1.165) is 32.2 Å². The maximum absolute atomic E-state index is 13.4. The van der Waals surface area contributed by atoms with Crippen molar-refractivity contribution in [2.24, 2.45) is 7.05 Å². The van der Waals surface area contributed by atoms with Gasteiger partial charge in [-0.25, -0.2) is 0 Å². The molecule has 3 atom stereocenters. The highest BCUT2D eigenvalue weighted by Crippen LogP contribution is 2.39. The van der Waals surface area contributed by atoms with Crippen LogP contribution < -0.4 is 0 Å². The maximum atomic E-state index is 13.4. The van der Waals surface area contributed by atoms with Gasteiger partial charge in [0.25, 0.3) is 5.91 Å². The van der Waals surface area contributed by atoms with Crippen LogP contribution >= 0.6 is 0 Å². The van der Waals surface area contributed by atoms with Gasteiger partial charge in [-0.1, -0.05) is 30.3 Å². The van der Waals surface area contributed by atoms with Gasteiger partial charge in [0.15, 0.2) is 0 Å². The van der Waals surface area contributed by atoms with E-state index < -0.39 is 0 Å². The molecule has 2 aliphatic heterocycles. The van der Waals surface area contributed by atoms with E-state index in [9.17, 15) is 9.59 Å². The molecule has 2 aromatic rings. The Morgan fingerprint density at radius 1 is 1.00 bits per heavy atom. The third kappa shape index (κ3) is 3.43. The van der Waals surface area contributed by atoms with Crippen molar-refractivity contribution < 1.29 is 9.59 Å². The van der Waals surface area contributed by atoms with E-state index in [0.29, 0.717) is 12.2 Å². The van der Waals surface area contributed by atoms with Crippen molar-refractivity contribution in [2.45, 2.75) is 50.6 Å². The van der Waals surface area contributed by atoms with Gasteiger partial charge in [-0.2, -0.15) is 5.10 Å². The van der Waals surface area contributed by atoms with Gasteiger partial charge >= 0.3 is 0 Å². The Kier molecular flexibility index (Phi) is 5.20. The van der Waals surface area contributed by atoms with Crippen LogP contribution in [0.2, 0.25) is 0 Å². The summed E-state index contributed by atoms with van der Waals surface area (Å²) < 4.78 is 1.67. The molecule has 0 unspecified atom stereocenters. The molecule has 1 aromatic heterocycles. The number of rotatable bonds is 2. The van der Waals surface area contributed by atoms with E-state index in [1.807, 2.05) is 22.9 Å². The zero-order valence-electron chi connectivity index (χ0n) is 16.6. The van der Waals surface area contributed by atoms with Gasteiger partial charge in [-0.05, 0) is 37.3 Å². The molecule has 2 amide bonds. The van der Waals surface area contributed by atoms with Crippen LogP contribution in [0.15, 0.2) is 42.6 Å². The number of amides is 2. The lowest BCUT2D eigenvalue weighted by atomic mass is 9.78. The Labute approximate surface area is 166 Å². The average molecular weight is 380 g/mol. The van der Waals surface area contributed by atoms with Crippen LogP contribution in [0.1, 0.15) is 54.6 Å². The molecule has 28 heavy (non-hydrogen) atoms. The second kappa shape index (κ2) is 7.78. The van der Waals surface area contributed by atoms with Crippen LogP contribution in [0.5, 0.6) is 0 Å². The number of nitrogens with zero attached hydrogens (tertiary/aromatic N) is 4. The van der Waals surface area contributed by atoms with Crippen LogP contribution in [0.4, 0.5) is 0 Å². The molecule has 2 saturated heterocycles. The van der Waals surface area contributed by atoms with Gasteiger partial charge in [0.05, 0.1) is 12.1 Å². The average Bonchev–Trinajstić information content (AvgIpc) is 3.02. The smallest absolute Gasteiger partial charge is 0.274 e. The van der Waals surface area contributed by atoms with Crippen LogP contribution in [0.3, 0.4) is 0 Å². The van der Waals surface area contributed by atoms with Crippen LogP contribution in [0, 0.1) is 0 Å². The predicted molar refractivity (Wildman–Crippen MR) is 107 cm³/mol. The van der Waals surface area contributed by atoms with Crippen molar-refractivity contribution in [3.63, 3.8) is 0 Å². The molecule has 6 heteroatoms. The van der Waals surface area contributed by atoms with Crippen molar-refractivity contribution in [2.75, 3.05) is 13.1 Å². The predicted octanol–water partition coefficient (Wildman–Crippen LogP) is 2.82. The fourth-order valence-corrected chi connectivity index (χ4v) is 4.97. The number of hydrogen-bond acceptors (Lipinski definition) is 3.